The number of fused-ring (bicyclic) bond motifs is 1. The first-order valence-electron chi connectivity index (χ1n) is 6.78. The Labute approximate surface area is 130 Å². The highest BCUT2D eigenvalue weighted by Crippen LogP contribution is 2.44. The molecule has 2 aliphatic heterocycles. The van der Waals surface area contributed by atoms with E-state index in [9.17, 15) is 14.4 Å². The van der Waals surface area contributed by atoms with Crippen LogP contribution in [0.2, 0.25) is 0 Å². The molecule has 2 heterocycles. The Hall–Kier alpha value is -2.28. The van der Waals surface area contributed by atoms with E-state index in [0.29, 0.717) is 16.2 Å². The lowest BCUT2D eigenvalue weighted by Crippen LogP contribution is -2.49. The molecule has 3 atom stereocenters. The SMILES string of the molecule is NC1=C(C(=O)c2ccccc2)SC2NC(=O)C(C(=O)O)CC12. The van der Waals surface area contributed by atoms with Crippen LogP contribution in [0.4, 0.5) is 0 Å². The lowest BCUT2D eigenvalue weighted by atomic mass is 9.87. The Kier molecular flexibility index (Phi) is 3.66. The first kappa shape index (κ1) is 14.6. The summed E-state index contributed by atoms with van der Waals surface area (Å²) in [6.07, 6.45) is 0.121. The average molecular weight is 318 g/mol. The molecule has 1 saturated heterocycles. The second kappa shape index (κ2) is 5.49. The van der Waals surface area contributed by atoms with Crippen LogP contribution >= 0.6 is 11.8 Å². The third-order valence-corrected chi connectivity index (χ3v) is 5.26. The number of carbonyl (C=O) groups excluding carboxylic acids is 2. The fourth-order valence-corrected chi connectivity index (χ4v) is 4.07. The molecule has 0 aromatic heterocycles. The van der Waals surface area contributed by atoms with Gasteiger partial charge in [-0.15, -0.1) is 0 Å². The van der Waals surface area contributed by atoms with Gasteiger partial charge < -0.3 is 16.2 Å². The van der Waals surface area contributed by atoms with Gasteiger partial charge in [-0.3, -0.25) is 14.4 Å². The summed E-state index contributed by atoms with van der Waals surface area (Å²) >= 11 is 1.20. The van der Waals surface area contributed by atoms with E-state index in [1.54, 1.807) is 24.3 Å². The van der Waals surface area contributed by atoms with Gasteiger partial charge in [-0.2, -0.15) is 0 Å². The number of aliphatic carboxylic acids is 1. The zero-order valence-electron chi connectivity index (χ0n) is 11.5. The van der Waals surface area contributed by atoms with Crippen molar-refractivity contribution >= 4 is 29.4 Å². The van der Waals surface area contributed by atoms with Crippen LogP contribution in [-0.4, -0.2) is 28.1 Å². The number of amides is 1. The summed E-state index contributed by atoms with van der Waals surface area (Å²) in [5, 5.41) is 11.4. The van der Waals surface area contributed by atoms with Crippen molar-refractivity contribution in [1.29, 1.82) is 0 Å². The molecule has 1 aromatic rings. The van der Waals surface area contributed by atoms with Crippen molar-refractivity contribution in [3.05, 3.63) is 46.5 Å². The van der Waals surface area contributed by atoms with E-state index in [1.165, 1.54) is 11.8 Å². The van der Waals surface area contributed by atoms with E-state index in [2.05, 4.69) is 5.32 Å². The van der Waals surface area contributed by atoms with Gasteiger partial charge >= 0.3 is 5.97 Å². The minimum Gasteiger partial charge on any atom is -0.481 e. The molecule has 3 rings (SSSR count). The highest BCUT2D eigenvalue weighted by Gasteiger charge is 2.46. The number of carbonyl (C=O) groups is 3. The van der Waals surface area contributed by atoms with Crippen molar-refractivity contribution < 1.29 is 19.5 Å². The number of carboxylic acid groups (broad SMARTS) is 1. The minimum absolute atomic E-state index is 0.121. The number of allylic oxidation sites excluding steroid dienone is 1. The molecule has 1 amide bonds. The molecule has 0 aliphatic carbocycles. The first-order chi connectivity index (χ1) is 10.5. The molecule has 1 aromatic carbocycles. The Morgan fingerprint density at radius 3 is 2.59 bits per heavy atom. The maximum Gasteiger partial charge on any atom is 0.316 e. The van der Waals surface area contributed by atoms with E-state index in [0.717, 1.165) is 0 Å². The largest absolute Gasteiger partial charge is 0.481 e. The van der Waals surface area contributed by atoms with Crippen LogP contribution in [0.15, 0.2) is 40.9 Å². The monoisotopic (exact) mass is 318 g/mol. The van der Waals surface area contributed by atoms with Crippen LogP contribution in [-0.2, 0) is 9.59 Å². The number of piperidine rings is 1. The van der Waals surface area contributed by atoms with Crippen LogP contribution < -0.4 is 11.1 Å². The van der Waals surface area contributed by atoms with Gasteiger partial charge in [-0.25, -0.2) is 0 Å². The lowest BCUT2D eigenvalue weighted by molar-refractivity contribution is -0.149. The molecule has 1 fully saturated rings. The second-order valence-corrected chi connectivity index (χ2v) is 6.41. The number of ketones is 1. The van der Waals surface area contributed by atoms with Crippen LogP contribution in [0.3, 0.4) is 0 Å². The zero-order chi connectivity index (χ0) is 15.9. The number of hydrogen-bond donors (Lipinski definition) is 3. The predicted molar refractivity (Wildman–Crippen MR) is 80.7 cm³/mol. The van der Waals surface area contributed by atoms with Gasteiger partial charge in [-0.1, -0.05) is 42.1 Å². The van der Waals surface area contributed by atoms with Crippen molar-refractivity contribution in [3.63, 3.8) is 0 Å². The molecule has 3 unspecified atom stereocenters. The molecule has 0 spiro atoms. The second-order valence-electron chi connectivity index (χ2n) is 5.26. The molecule has 6 nitrogen and oxygen atoms in total. The van der Waals surface area contributed by atoms with Gasteiger partial charge in [0.25, 0.3) is 0 Å². The molecule has 0 bridgehead atoms. The minimum atomic E-state index is -1.17. The molecule has 2 aliphatic rings. The van der Waals surface area contributed by atoms with Gasteiger partial charge in [-0.05, 0) is 6.42 Å². The van der Waals surface area contributed by atoms with Gasteiger partial charge in [0, 0.05) is 17.2 Å². The average Bonchev–Trinajstić information content (AvgIpc) is 2.82. The molecular weight excluding hydrogens is 304 g/mol. The number of hydrogen-bond acceptors (Lipinski definition) is 5. The quantitative estimate of drug-likeness (QED) is 0.565. The number of carboxylic acids is 1. The maximum atomic E-state index is 12.5. The fraction of sp³-hybridized carbons (Fsp3) is 0.267. The van der Waals surface area contributed by atoms with Gasteiger partial charge in [0.15, 0.2) is 0 Å². The van der Waals surface area contributed by atoms with E-state index in [1.807, 2.05) is 6.07 Å². The summed E-state index contributed by atoms with van der Waals surface area (Å²) in [7, 11) is 0. The summed E-state index contributed by atoms with van der Waals surface area (Å²) in [6, 6.07) is 8.74. The summed E-state index contributed by atoms with van der Waals surface area (Å²) in [5.74, 6) is -3.34. The number of benzene rings is 1. The standard InChI is InChI=1S/C15H14N2O4S/c16-10-8-6-9(15(20)21)13(19)17-14(8)22-12(10)11(18)7-4-2-1-3-5-7/h1-5,8-9,14H,6,16H2,(H,17,19)(H,20,21). The Balaban J connectivity index is 1.88. The topological polar surface area (TPSA) is 109 Å². The third-order valence-electron chi connectivity index (χ3n) is 3.90. The molecular formula is C15H14N2O4S. The number of Topliss-reactive ketones (excluding diaryl/α,β-unsaturated/α-hetero) is 1. The Bertz CT molecular complexity index is 686. The number of nitrogens with one attached hydrogen (secondary N) is 1. The molecule has 7 heteroatoms. The summed E-state index contributed by atoms with van der Waals surface area (Å²) in [4.78, 5) is 35.8. The fourth-order valence-electron chi connectivity index (χ4n) is 2.71. The number of rotatable bonds is 3. The maximum absolute atomic E-state index is 12.5. The molecule has 0 saturated carbocycles. The van der Waals surface area contributed by atoms with Crippen molar-refractivity contribution in [2.45, 2.75) is 11.8 Å². The van der Waals surface area contributed by atoms with E-state index >= 15 is 0 Å². The summed E-state index contributed by atoms with van der Waals surface area (Å²) < 4.78 is 0. The molecule has 22 heavy (non-hydrogen) atoms. The molecule has 0 radical (unpaired) electrons. The lowest BCUT2D eigenvalue weighted by Gasteiger charge is -2.30. The summed E-state index contributed by atoms with van der Waals surface area (Å²) in [6.45, 7) is 0. The number of nitrogens with two attached hydrogens (primary N) is 1. The van der Waals surface area contributed by atoms with Gasteiger partial charge in [0.2, 0.25) is 11.7 Å². The summed E-state index contributed by atoms with van der Waals surface area (Å²) in [5.41, 5.74) is 6.96. The highest BCUT2D eigenvalue weighted by molar-refractivity contribution is 8.04. The molecule has 4 N–H and O–H groups in total. The van der Waals surface area contributed by atoms with Gasteiger partial charge in [0.1, 0.15) is 5.92 Å². The van der Waals surface area contributed by atoms with E-state index < -0.39 is 17.8 Å². The zero-order valence-corrected chi connectivity index (χ0v) is 12.3. The van der Waals surface area contributed by atoms with Crippen molar-refractivity contribution in [2.75, 3.05) is 0 Å². The smallest absolute Gasteiger partial charge is 0.316 e. The van der Waals surface area contributed by atoms with Crippen LogP contribution in [0.5, 0.6) is 0 Å². The predicted octanol–water partition coefficient (Wildman–Crippen LogP) is 0.949. The van der Waals surface area contributed by atoms with Gasteiger partial charge in [0.05, 0.1) is 10.3 Å². The van der Waals surface area contributed by atoms with Crippen LogP contribution in [0.1, 0.15) is 16.8 Å². The highest BCUT2D eigenvalue weighted by atomic mass is 32.2. The van der Waals surface area contributed by atoms with Crippen LogP contribution in [0, 0.1) is 11.8 Å². The number of thioether (sulfide) groups is 1. The van der Waals surface area contributed by atoms with E-state index in [4.69, 9.17) is 10.8 Å². The Morgan fingerprint density at radius 2 is 1.95 bits per heavy atom. The van der Waals surface area contributed by atoms with Crippen molar-refractivity contribution in [1.82, 2.24) is 5.32 Å². The van der Waals surface area contributed by atoms with Crippen LogP contribution in [0.25, 0.3) is 0 Å². The van der Waals surface area contributed by atoms with E-state index in [-0.39, 0.29) is 23.5 Å². The normalized spacial score (nSPS) is 27.3. The molecule has 114 valence electrons. The Morgan fingerprint density at radius 1 is 1.27 bits per heavy atom. The van der Waals surface area contributed by atoms with Crippen molar-refractivity contribution in [2.24, 2.45) is 17.6 Å². The third kappa shape index (κ3) is 2.37. The first-order valence-corrected chi connectivity index (χ1v) is 7.66. The van der Waals surface area contributed by atoms with Crippen molar-refractivity contribution in [3.8, 4) is 0 Å².